The van der Waals surface area contributed by atoms with Crippen LogP contribution in [0.15, 0.2) is 0 Å². The number of hydrogen-bond donors (Lipinski definition) is 15. The summed E-state index contributed by atoms with van der Waals surface area (Å²) < 4.78 is 54.1. The zero-order valence-corrected chi connectivity index (χ0v) is 39.0. The number of ether oxygens (including phenoxy) is 9. The maximum atomic E-state index is 12.2. The summed E-state index contributed by atoms with van der Waals surface area (Å²) in [5, 5.41) is 123. The highest BCUT2D eigenvalue weighted by atomic mass is 16.8. The number of aliphatic hydroxyl groups is 8. The van der Waals surface area contributed by atoms with Crippen LogP contribution >= 0.6 is 0 Å². The summed E-state index contributed by atoms with van der Waals surface area (Å²) in [5.74, 6) is -5.16. The Balaban J connectivity index is 1.61. The molecule has 4 fully saturated rings. The largest absolute Gasteiger partial charge is 0.481 e. The van der Waals surface area contributed by atoms with Crippen molar-refractivity contribution in [2.24, 2.45) is 17.4 Å². The van der Waals surface area contributed by atoms with E-state index in [4.69, 9.17) is 54.1 Å². The molecule has 0 bridgehead atoms. The van der Waals surface area contributed by atoms with Gasteiger partial charge in [0.1, 0.15) is 79.4 Å². The summed E-state index contributed by atoms with van der Waals surface area (Å²) in [6.45, 7) is 4.57. The first-order valence-corrected chi connectivity index (χ1v) is 22.5. The molecule has 4 aliphatic heterocycles. The third-order valence-electron chi connectivity index (χ3n) is 12.5. The molecule has 4 aliphatic rings. The molecule has 396 valence electrons. The summed E-state index contributed by atoms with van der Waals surface area (Å²) in [5.41, 5.74) is 11.0. The van der Waals surface area contributed by atoms with E-state index in [1.54, 1.807) is 34.6 Å². The summed E-state index contributed by atoms with van der Waals surface area (Å²) in [4.78, 5) is 34.9. The second-order valence-corrected chi connectivity index (χ2v) is 18.9. The van der Waals surface area contributed by atoms with Gasteiger partial charge in [-0.15, -0.1) is 0 Å². The lowest BCUT2D eigenvalue weighted by atomic mass is 9.85. The fourth-order valence-corrected chi connectivity index (χ4v) is 8.63. The van der Waals surface area contributed by atoms with E-state index in [2.05, 4.69) is 10.6 Å². The van der Waals surface area contributed by atoms with Crippen molar-refractivity contribution in [1.82, 2.24) is 10.6 Å². The van der Waals surface area contributed by atoms with E-state index >= 15 is 0 Å². The Hall–Kier alpha value is -2.43. The van der Waals surface area contributed by atoms with Gasteiger partial charge in [0, 0.05) is 26.6 Å². The van der Waals surface area contributed by atoms with Crippen molar-refractivity contribution >= 4 is 17.9 Å². The van der Waals surface area contributed by atoms with Gasteiger partial charge in [-0.3, -0.25) is 14.4 Å². The van der Waals surface area contributed by atoms with Gasteiger partial charge in [-0.05, 0) is 41.0 Å². The first-order valence-electron chi connectivity index (χ1n) is 22.5. The number of carboxylic acid groups (broad SMARTS) is 3. The smallest absolute Gasteiger partial charge is 0.307 e. The first kappa shape index (κ1) is 58.1. The van der Waals surface area contributed by atoms with Gasteiger partial charge < -0.3 is 121 Å². The van der Waals surface area contributed by atoms with E-state index in [1.807, 2.05) is 0 Å². The molecule has 0 aliphatic carbocycles. The lowest BCUT2D eigenvalue weighted by Crippen LogP contribution is -2.71. The number of rotatable bonds is 24. The molecule has 4 rings (SSSR count). The highest BCUT2D eigenvalue weighted by Gasteiger charge is 2.56. The number of nitrogens with two attached hydrogens (primary N) is 2. The Labute approximate surface area is 392 Å². The molecule has 17 N–H and O–H groups in total. The van der Waals surface area contributed by atoms with E-state index in [0.717, 1.165) is 0 Å². The predicted molar refractivity (Wildman–Crippen MR) is 227 cm³/mol. The minimum atomic E-state index is -1.87. The number of carbonyl (C=O) groups is 3. The molecule has 68 heavy (non-hydrogen) atoms. The molecular formula is C41H74N4O23. The monoisotopic (exact) mass is 990 g/mol. The van der Waals surface area contributed by atoms with Crippen molar-refractivity contribution in [3.8, 4) is 0 Å². The van der Waals surface area contributed by atoms with Crippen LogP contribution in [0.5, 0.6) is 0 Å². The maximum Gasteiger partial charge on any atom is 0.307 e. The van der Waals surface area contributed by atoms with Crippen LogP contribution < -0.4 is 22.1 Å². The van der Waals surface area contributed by atoms with Crippen molar-refractivity contribution in [3.63, 3.8) is 0 Å². The molecule has 0 saturated carbocycles. The lowest BCUT2D eigenvalue weighted by molar-refractivity contribution is -0.361. The number of methoxy groups -OCH3 is 1. The molecule has 0 aromatic rings. The quantitative estimate of drug-likeness (QED) is 0.0428. The number of hydrogen-bond acceptors (Lipinski definition) is 24. The van der Waals surface area contributed by atoms with Gasteiger partial charge >= 0.3 is 17.9 Å². The van der Waals surface area contributed by atoms with Gasteiger partial charge in [0.05, 0.1) is 74.1 Å². The topological polar surface area (TPSA) is 433 Å². The Morgan fingerprint density at radius 2 is 1.03 bits per heavy atom. The van der Waals surface area contributed by atoms with Gasteiger partial charge in [-0.2, -0.15) is 0 Å². The number of aliphatic hydroxyl groups excluding tert-OH is 8. The van der Waals surface area contributed by atoms with Crippen LogP contribution in [0.2, 0.25) is 0 Å². The Bertz CT molecular complexity index is 1590. The molecular weight excluding hydrogens is 916 g/mol. The van der Waals surface area contributed by atoms with Crippen molar-refractivity contribution in [3.05, 3.63) is 0 Å². The van der Waals surface area contributed by atoms with E-state index in [1.165, 1.54) is 7.11 Å². The second kappa shape index (κ2) is 25.3. The average Bonchev–Trinajstić information content (AvgIpc) is 3.27. The Morgan fingerprint density at radius 1 is 0.603 bits per heavy atom. The molecule has 0 aromatic heterocycles. The average molecular weight is 991 g/mol. The first-order chi connectivity index (χ1) is 31.8. The highest BCUT2D eigenvalue weighted by Crippen LogP contribution is 2.36. The summed E-state index contributed by atoms with van der Waals surface area (Å²) in [6, 6.07) is -5.55. The molecule has 4 saturated heterocycles. The zero-order chi connectivity index (χ0) is 51.0. The van der Waals surface area contributed by atoms with Crippen LogP contribution in [-0.2, 0) is 57.0 Å². The minimum Gasteiger partial charge on any atom is -0.481 e. The number of carboxylic acids is 3. The third kappa shape index (κ3) is 14.4. The number of aliphatic carboxylic acids is 3. The third-order valence-corrected chi connectivity index (χ3v) is 12.5. The summed E-state index contributed by atoms with van der Waals surface area (Å²) in [6.07, 6.45) is -25.3. The van der Waals surface area contributed by atoms with Crippen LogP contribution in [0.4, 0.5) is 0 Å². The number of nitrogens with one attached hydrogen (secondary N) is 2. The lowest BCUT2D eigenvalue weighted by Gasteiger charge is -2.51. The Kier molecular flexibility index (Phi) is 21.6. The van der Waals surface area contributed by atoms with Crippen LogP contribution in [0, 0.1) is 5.92 Å². The highest BCUT2D eigenvalue weighted by molar-refractivity contribution is 5.72. The molecule has 4 heterocycles. The SMILES string of the molecule is COC(C)(C)C1OC(CO)C(OC2OC(CO)C(OC3OC(CO)C(OC4OC(CO)C(OC(C)(C)C)C(O)C4NCCC(=O)O)C(O)C3N)C(O)C2NCC(CCC(=O)O)C(=O)O)C(O)C1N. The molecule has 27 heteroatoms. The normalized spacial score (nSPS) is 39.9. The van der Waals surface area contributed by atoms with E-state index in [-0.39, 0.29) is 19.4 Å². The van der Waals surface area contributed by atoms with Gasteiger partial charge in [0.15, 0.2) is 18.9 Å². The van der Waals surface area contributed by atoms with Crippen LogP contribution in [-0.4, -0.2) is 254 Å². The fourth-order valence-electron chi connectivity index (χ4n) is 8.63. The summed E-state index contributed by atoms with van der Waals surface area (Å²) in [7, 11) is 1.40. The van der Waals surface area contributed by atoms with Crippen LogP contribution in [0.1, 0.15) is 53.9 Å². The van der Waals surface area contributed by atoms with Crippen molar-refractivity contribution in [2.75, 3.05) is 46.6 Å². The molecule has 0 aromatic carbocycles. The van der Waals surface area contributed by atoms with Gasteiger partial charge in [-0.1, -0.05) is 0 Å². The van der Waals surface area contributed by atoms with Gasteiger partial charge in [0.2, 0.25) is 0 Å². The zero-order valence-electron chi connectivity index (χ0n) is 39.0. The van der Waals surface area contributed by atoms with E-state index < -0.39 is 197 Å². The molecule has 0 amide bonds. The minimum absolute atomic E-state index is 0.189. The molecule has 27 nitrogen and oxygen atoms in total. The second-order valence-electron chi connectivity index (χ2n) is 18.9. The molecule has 0 spiro atoms. The molecule has 21 unspecified atom stereocenters. The Morgan fingerprint density at radius 3 is 1.50 bits per heavy atom. The van der Waals surface area contributed by atoms with Crippen LogP contribution in [0.25, 0.3) is 0 Å². The fraction of sp³-hybridized carbons (Fsp3) is 0.927. The van der Waals surface area contributed by atoms with E-state index in [0.29, 0.717) is 0 Å². The predicted octanol–water partition coefficient (Wildman–Crippen LogP) is -6.28. The van der Waals surface area contributed by atoms with Gasteiger partial charge in [0.25, 0.3) is 0 Å². The molecule has 21 atom stereocenters. The van der Waals surface area contributed by atoms with E-state index in [9.17, 15) is 70.6 Å². The summed E-state index contributed by atoms with van der Waals surface area (Å²) >= 11 is 0. The van der Waals surface area contributed by atoms with Gasteiger partial charge in [-0.25, -0.2) is 0 Å². The standard InChI is InChI=1S/C41H74N4O23/c1-40(2,3)68-34-20(15-49)64-38(25(30(34)57)44-10-9-22(52)53)67-32-18(13-47)62-37(24(43)28(32)55)65-33-19(14-48)63-39(26(29(33)56)45-11-16(36(58)59)7-8-21(50)51)66-31-17(12-46)61-35(23(42)27(31)54)41(4,5)60-6/h16-20,23-35,37-39,44-49,54-57H,7-15,42-43H2,1-6H3,(H,50,51)(H,52,53)(H,58,59). The van der Waals surface area contributed by atoms with Crippen LogP contribution in [0.3, 0.4) is 0 Å². The maximum absolute atomic E-state index is 12.2. The van der Waals surface area contributed by atoms with Crippen molar-refractivity contribution < 1.29 is 113 Å². The van der Waals surface area contributed by atoms with Crippen molar-refractivity contribution in [1.29, 1.82) is 0 Å². The molecule has 0 radical (unpaired) electrons. The van der Waals surface area contributed by atoms with Crippen molar-refractivity contribution in [2.45, 2.75) is 187 Å².